The molecule has 0 saturated carbocycles. The van der Waals surface area contributed by atoms with Crippen molar-refractivity contribution in [2.75, 3.05) is 38.2 Å². The van der Waals surface area contributed by atoms with E-state index in [9.17, 15) is 14.4 Å². The summed E-state index contributed by atoms with van der Waals surface area (Å²) in [5.41, 5.74) is 0.965. The van der Waals surface area contributed by atoms with Crippen LogP contribution in [-0.4, -0.2) is 60.7 Å². The van der Waals surface area contributed by atoms with Gasteiger partial charge in [-0.25, -0.2) is 0 Å². The number of anilines is 1. The van der Waals surface area contributed by atoms with Gasteiger partial charge in [-0.2, -0.15) is 0 Å². The number of amides is 2. The summed E-state index contributed by atoms with van der Waals surface area (Å²) in [4.78, 5) is 37.6. The molecule has 1 saturated heterocycles. The van der Waals surface area contributed by atoms with E-state index in [2.05, 4.69) is 10.6 Å². The van der Waals surface area contributed by atoms with Crippen molar-refractivity contribution < 1.29 is 23.9 Å². The molecule has 0 radical (unpaired) electrons. The molecular formula is C18H23N3O5S. The largest absolute Gasteiger partial charge is 0.466 e. The van der Waals surface area contributed by atoms with Crippen LogP contribution in [0.4, 0.5) is 5.69 Å². The molecule has 0 atom stereocenters. The van der Waals surface area contributed by atoms with Crippen LogP contribution in [0.1, 0.15) is 30.1 Å². The van der Waals surface area contributed by atoms with Crippen molar-refractivity contribution in [2.45, 2.75) is 19.8 Å². The molecule has 1 aromatic carbocycles. The maximum atomic E-state index is 12.7. The van der Waals surface area contributed by atoms with Gasteiger partial charge < -0.3 is 25.0 Å². The predicted octanol–water partition coefficient (Wildman–Crippen LogP) is 1.32. The van der Waals surface area contributed by atoms with E-state index < -0.39 is 11.9 Å². The number of nitrogens with one attached hydrogen (secondary N) is 2. The third kappa shape index (κ3) is 6.61. The Bertz CT molecular complexity index is 704. The molecule has 0 aromatic heterocycles. The van der Waals surface area contributed by atoms with Crippen molar-refractivity contribution in [3.63, 3.8) is 0 Å². The zero-order valence-corrected chi connectivity index (χ0v) is 16.0. The van der Waals surface area contributed by atoms with Crippen LogP contribution < -0.4 is 10.6 Å². The Kier molecular flexibility index (Phi) is 8.15. The van der Waals surface area contributed by atoms with Crippen LogP contribution in [0.5, 0.6) is 0 Å². The second-order valence-corrected chi connectivity index (χ2v) is 6.17. The molecule has 2 rings (SSSR count). The highest BCUT2D eigenvalue weighted by molar-refractivity contribution is 7.80. The Balaban J connectivity index is 1.92. The van der Waals surface area contributed by atoms with E-state index >= 15 is 0 Å². The summed E-state index contributed by atoms with van der Waals surface area (Å²) in [6.45, 7) is 4.05. The second kappa shape index (κ2) is 10.6. The number of thiocarbonyl (C=S) groups is 1. The van der Waals surface area contributed by atoms with Gasteiger partial charge in [-0.1, -0.05) is 12.1 Å². The Labute approximate surface area is 163 Å². The number of para-hydroxylation sites is 1. The van der Waals surface area contributed by atoms with Crippen molar-refractivity contribution in [3.05, 3.63) is 29.8 Å². The fourth-order valence-electron chi connectivity index (χ4n) is 2.51. The standard InChI is InChI=1S/C18H23N3O5S/c1-2-26-16(23)8-7-15(22)20-18(27)19-14-6-4-3-5-13(14)17(24)21-9-11-25-12-10-21/h3-6H,2,7-12H2,1H3,(H2,19,20,22,27). The van der Waals surface area contributed by atoms with Gasteiger partial charge in [-0.3, -0.25) is 14.4 Å². The van der Waals surface area contributed by atoms with E-state index in [0.29, 0.717) is 37.6 Å². The first-order chi connectivity index (χ1) is 13.0. The Hall–Kier alpha value is -2.52. The minimum atomic E-state index is -0.437. The van der Waals surface area contributed by atoms with Crippen molar-refractivity contribution in [1.29, 1.82) is 0 Å². The number of carbonyl (C=O) groups excluding carboxylic acids is 3. The maximum absolute atomic E-state index is 12.7. The topological polar surface area (TPSA) is 97.0 Å². The molecule has 27 heavy (non-hydrogen) atoms. The van der Waals surface area contributed by atoms with Gasteiger partial charge in [0.05, 0.1) is 37.5 Å². The summed E-state index contributed by atoms with van der Waals surface area (Å²) in [5, 5.41) is 5.44. The van der Waals surface area contributed by atoms with Crippen molar-refractivity contribution in [2.24, 2.45) is 0 Å². The number of benzene rings is 1. The second-order valence-electron chi connectivity index (χ2n) is 5.76. The lowest BCUT2D eigenvalue weighted by Gasteiger charge is -2.27. The highest BCUT2D eigenvalue weighted by Gasteiger charge is 2.21. The summed E-state index contributed by atoms with van der Waals surface area (Å²) >= 11 is 5.14. The molecule has 2 N–H and O–H groups in total. The molecule has 1 aliphatic rings. The van der Waals surface area contributed by atoms with E-state index in [0.717, 1.165) is 0 Å². The zero-order valence-electron chi connectivity index (χ0n) is 15.2. The Morgan fingerprint density at radius 1 is 1.19 bits per heavy atom. The SMILES string of the molecule is CCOC(=O)CCC(=O)NC(=S)Nc1ccccc1C(=O)N1CCOCC1. The molecule has 0 spiro atoms. The molecule has 146 valence electrons. The van der Waals surface area contributed by atoms with Gasteiger partial charge in [0.2, 0.25) is 5.91 Å². The van der Waals surface area contributed by atoms with E-state index in [4.69, 9.17) is 21.7 Å². The number of esters is 1. The van der Waals surface area contributed by atoms with E-state index in [1.807, 2.05) is 0 Å². The van der Waals surface area contributed by atoms with E-state index in [-0.39, 0.29) is 30.5 Å². The summed E-state index contributed by atoms with van der Waals surface area (Å²) in [5.74, 6) is -0.969. The van der Waals surface area contributed by atoms with Crippen LogP contribution in [0.25, 0.3) is 0 Å². The quantitative estimate of drug-likeness (QED) is 0.556. The summed E-state index contributed by atoms with van der Waals surface area (Å²) < 4.78 is 10.0. The summed E-state index contributed by atoms with van der Waals surface area (Å²) in [7, 11) is 0. The van der Waals surface area contributed by atoms with Crippen molar-refractivity contribution in [1.82, 2.24) is 10.2 Å². The van der Waals surface area contributed by atoms with E-state index in [1.54, 1.807) is 36.1 Å². The molecule has 1 fully saturated rings. The minimum absolute atomic E-state index is 0.0195. The zero-order chi connectivity index (χ0) is 19.6. The third-order valence-electron chi connectivity index (χ3n) is 3.82. The number of hydrogen-bond donors (Lipinski definition) is 2. The van der Waals surface area contributed by atoms with Gasteiger partial charge in [0.15, 0.2) is 5.11 Å². The highest BCUT2D eigenvalue weighted by Crippen LogP contribution is 2.18. The molecule has 0 unspecified atom stereocenters. The Morgan fingerprint density at radius 3 is 2.59 bits per heavy atom. The molecule has 9 heteroatoms. The average molecular weight is 393 g/mol. The molecule has 8 nitrogen and oxygen atoms in total. The van der Waals surface area contributed by atoms with Crippen LogP contribution >= 0.6 is 12.2 Å². The molecule has 1 heterocycles. The lowest BCUT2D eigenvalue weighted by molar-refractivity contribution is -0.144. The van der Waals surface area contributed by atoms with Crippen LogP contribution in [0.15, 0.2) is 24.3 Å². The molecule has 0 bridgehead atoms. The molecule has 1 aromatic rings. The van der Waals surface area contributed by atoms with E-state index in [1.165, 1.54) is 0 Å². The van der Waals surface area contributed by atoms with Crippen LogP contribution in [0.2, 0.25) is 0 Å². The fraction of sp³-hybridized carbons (Fsp3) is 0.444. The minimum Gasteiger partial charge on any atom is -0.466 e. The van der Waals surface area contributed by atoms with Gasteiger partial charge in [0.25, 0.3) is 5.91 Å². The summed E-state index contributed by atoms with van der Waals surface area (Å²) in [6, 6.07) is 6.94. The van der Waals surface area contributed by atoms with Crippen molar-refractivity contribution in [3.8, 4) is 0 Å². The first-order valence-corrected chi connectivity index (χ1v) is 9.14. The van der Waals surface area contributed by atoms with Crippen LogP contribution in [0.3, 0.4) is 0 Å². The average Bonchev–Trinajstić information content (AvgIpc) is 2.67. The number of hydrogen-bond acceptors (Lipinski definition) is 6. The number of nitrogens with zero attached hydrogens (tertiary/aromatic N) is 1. The fourth-order valence-corrected chi connectivity index (χ4v) is 2.73. The normalized spacial score (nSPS) is 13.6. The van der Waals surface area contributed by atoms with Crippen molar-refractivity contribution >= 4 is 40.8 Å². The molecule has 0 aliphatic carbocycles. The third-order valence-corrected chi connectivity index (χ3v) is 4.02. The monoisotopic (exact) mass is 393 g/mol. The maximum Gasteiger partial charge on any atom is 0.306 e. The highest BCUT2D eigenvalue weighted by atomic mass is 32.1. The molecule has 1 aliphatic heterocycles. The first kappa shape index (κ1) is 20.8. The van der Waals surface area contributed by atoms with Gasteiger partial charge >= 0.3 is 5.97 Å². The molecular weight excluding hydrogens is 370 g/mol. The van der Waals surface area contributed by atoms with Gasteiger partial charge in [0, 0.05) is 19.5 Å². The van der Waals surface area contributed by atoms with Gasteiger partial charge in [-0.05, 0) is 31.3 Å². The smallest absolute Gasteiger partial charge is 0.306 e. The van der Waals surface area contributed by atoms with Crippen LogP contribution in [-0.2, 0) is 19.1 Å². The predicted molar refractivity (Wildman–Crippen MR) is 103 cm³/mol. The number of ether oxygens (including phenoxy) is 2. The number of carbonyl (C=O) groups is 3. The number of rotatable bonds is 6. The summed E-state index contributed by atoms with van der Waals surface area (Å²) in [6.07, 6.45) is -0.0522. The Morgan fingerprint density at radius 2 is 1.89 bits per heavy atom. The lowest BCUT2D eigenvalue weighted by atomic mass is 10.1. The van der Waals surface area contributed by atoms with Gasteiger partial charge in [-0.15, -0.1) is 0 Å². The number of morpholine rings is 1. The van der Waals surface area contributed by atoms with Crippen LogP contribution in [0, 0.1) is 0 Å². The molecule has 2 amide bonds. The lowest BCUT2D eigenvalue weighted by Crippen LogP contribution is -2.41. The van der Waals surface area contributed by atoms with Gasteiger partial charge in [0.1, 0.15) is 0 Å². The first-order valence-electron chi connectivity index (χ1n) is 8.73.